The second kappa shape index (κ2) is 71.2. The number of rotatable bonds is 62. The molecule has 0 aromatic heterocycles. The Morgan fingerprint density at radius 2 is 0.581 bits per heavy atom. The number of carbonyl (C=O) groups excluding carboxylic acids is 2. The lowest BCUT2D eigenvalue weighted by atomic mass is 10.1. The van der Waals surface area contributed by atoms with Crippen LogP contribution in [0.3, 0.4) is 0 Å². The maximum Gasteiger partial charge on any atom is 0.361 e. The topological polar surface area (TPSA) is 108 Å². The summed E-state index contributed by atoms with van der Waals surface area (Å²) in [5.74, 6) is -2.11. The van der Waals surface area contributed by atoms with Gasteiger partial charge < -0.3 is 28.5 Å². The number of allylic oxidation sites excluding steroid dienone is 38. The minimum Gasteiger partial charge on any atom is -0.477 e. The van der Waals surface area contributed by atoms with Gasteiger partial charge in [-0.2, -0.15) is 0 Å². The lowest BCUT2D eigenvalue weighted by molar-refractivity contribution is -0.870. The summed E-state index contributed by atoms with van der Waals surface area (Å²) in [6, 6.07) is 0. The van der Waals surface area contributed by atoms with E-state index in [1.807, 2.05) is 21.1 Å². The molecule has 0 saturated carbocycles. The third-order valence-corrected chi connectivity index (χ3v) is 13.9. The summed E-state index contributed by atoms with van der Waals surface area (Å²) < 4.78 is 22.9. The molecule has 0 amide bonds. The van der Waals surface area contributed by atoms with E-state index in [-0.39, 0.29) is 38.6 Å². The monoisotopic (exact) mass is 1280 g/mol. The smallest absolute Gasteiger partial charge is 0.361 e. The van der Waals surface area contributed by atoms with Gasteiger partial charge in [0.1, 0.15) is 13.2 Å². The van der Waals surface area contributed by atoms with Crippen molar-refractivity contribution in [3.63, 3.8) is 0 Å². The Kier molecular flexibility index (Phi) is 66.1. The second-order valence-electron chi connectivity index (χ2n) is 23.7. The summed E-state index contributed by atoms with van der Waals surface area (Å²) in [5.41, 5.74) is 0. The Morgan fingerprint density at radius 1 is 0.323 bits per heavy atom. The van der Waals surface area contributed by atoms with Gasteiger partial charge in [0, 0.05) is 12.8 Å². The molecule has 0 heterocycles. The molecule has 2 unspecified atom stereocenters. The van der Waals surface area contributed by atoms with E-state index in [0.29, 0.717) is 23.9 Å². The molecule has 0 fully saturated rings. The molecular formula is C84H128NO8+. The highest BCUT2D eigenvalue weighted by molar-refractivity contribution is 5.71. The Bertz CT molecular complexity index is 2380. The van der Waals surface area contributed by atoms with Crippen LogP contribution >= 0.6 is 0 Å². The van der Waals surface area contributed by atoms with Gasteiger partial charge in [0.15, 0.2) is 6.10 Å². The third kappa shape index (κ3) is 72.6. The van der Waals surface area contributed by atoms with Crippen molar-refractivity contribution in [3.05, 3.63) is 231 Å². The normalized spacial score (nSPS) is 14.1. The minimum absolute atomic E-state index is 0.163. The number of nitrogens with zero attached hydrogens (tertiary/aromatic N) is 1. The second-order valence-corrected chi connectivity index (χ2v) is 23.7. The first-order valence-corrected chi connectivity index (χ1v) is 35.5. The number of hydrogen-bond donors (Lipinski definition) is 1. The molecule has 0 aliphatic heterocycles. The van der Waals surface area contributed by atoms with E-state index in [1.165, 1.54) is 19.3 Å². The number of unbranched alkanes of at least 4 members (excludes halogenated alkanes) is 9. The van der Waals surface area contributed by atoms with Gasteiger partial charge in [-0.25, -0.2) is 4.79 Å². The number of carboxylic acid groups (broad SMARTS) is 1. The SMILES string of the molecule is CC/C=C\C/C=C\C/C=C\C/C=C\C/C=C\C/C=C\C/C=C\C/C=C\C/C=C\C/C=C\CCCCC(=O)OC(COC(=O)CCCCCCCCC/C=C\C/C=C\C/C=C\C/C=C\C/C=C\C/C=C\C/C=C\C/C=C\C/C=C\CC)COC(OCC[N+](C)(C)C)C(=O)O. The first-order chi connectivity index (χ1) is 45.6. The van der Waals surface area contributed by atoms with Crippen molar-refractivity contribution in [2.24, 2.45) is 0 Å². The van der Waals surface area contributed by atoms with Crippen LogP contribution in [0.2, 0.25) is 0 Å². The molecule has 0 saturated heterocycles. The fourth-order valence-electron chi connectivity index (χ4n) is 8.56. The van der Waals surface area contributed by atoms with Crippen LogP contribution in [0.25, 0.3) is 0 Å². The Hall–Kier alpha value is -6.65. The van der Waals surface area contributed by atoms with Gasteiger partial charge in [0.25, 0.3) is 6.29 Å². The molecule has 1 N–H and O–H groups in total. The highest BCUT2D eigenvalue weighted by Gasteiger charge is 2.25. The molecule has 0 aliphatic carbocycles. The Balaban J connectivity index is 4.33. The quantitative estimate of drug-likeness (QED) is 0.0211. The molecule has 9 nitrogen and oxygen atoms in total. The Morgan fingerprint density at radius 3 is 0.882 bits per heavy atom. The summed E-state index contributed by atoms with van der Waals surface area (Å²) in [6.45, 7) is 4.54. The highest BCUT2D eigenvalue weighted by Crippen LogP contribution is 2.13. The molecular weight excluding hydrogens is 1150 g/mol. The molecule has 0 spiro atoms. The molecule has 9 heteroatoms. The zero-order chi connectivity index (χ0) is 67.5. The highest BCUT2D eigenvalue weighted by atomic mass is 16.7. The standard InChI is InChI=1S/C84H127NO8/c1-6-8-10-12-14-16-18-20-22-24-26-28-30-32-34-36-38-40-41-43-44-46-48-50-52-54-56-58-60-62-64-66-68-70-72-74-81(86)91-78-80(79-92-84(83(88)89)90-77-76-85(3,4)5)93-82(87)75-73-71-69-67-65-63-61-59-57-55-53-51-49-47-45-42-39-37-35-33-31-29-27-25-23-21-19-17-15-13-11-9-7-2/h8-11,14-17,20-23,26-29,32-35,38-40,42-44,47-50,53-56,59,61,65,67,80,84H,6-7,12-13,18-19,24-25,30-31,36-37,41,45-46,51-52,57-58,60,62-64,66,68-79H2,1-5H3/p+1/b10-8-,11-9-,16-14-,17-15-,22-20-,23-21-,28-26-,29-27-,34-32-,35-33-,40-38-,42-39-,44-43-,49-47-,50-48-,55-53-,56-54-,61-59-,67-65-. The number of carbonyl (C=O) groups is 3. The van der Waals surface area contributed by atoms with Crippen molar-refractivity contribution < 1.29 is 42.9 Å². The van der Waals surface area contributed by atoms with E-state index in [2.05, 4.69) is 245 Å². The third-order valence-electron chi connectivity index (χ3n) is 13.9. The average Bonchev–Trinajstić information content (AvgIpc) is 3.74. The molecule has 2 atom stereocenters. The van der Waals surface area contributed by atoms with Crippen molar-refractivity contribution in [1.29, 1.82) is 0 Å². The summed E-state index contributed by atoms with van der Waals surface area (Å²) in [7, 11) is 5.94. The van der Waals surface area contributed by atoms with Crippen LogP contribution in [0.15, 0.2) is 231 Å². The average molecular weight is 1280 g/mol. The van der Waals surface area contributed by atoms with Gasteiger partial charge in [-0.1, -0.05) is 277 Å². The summed E-state index contributed by atoms with van der Waals surface area (Å²) >= 11 is 0. The first kappa shape index (κ1) is 86.4. The predicted molar refractivity (Wildman–Crippen MR) is 400 cm³/mol. The van der Waals surface area contributed by atoms with Crippen LogP contribution in [0.1, 0.15) is 219 Å². The van der Waals surface area contributed by atoms with E-state index in [4.69, 9.17) is 18.9 Å². The van der Waals surface area contributed by atoms with Crippen molar-refractivity contribution in [3.8, 4) is 0 Å². The van der Waals surface area contributed by atoms with Gasteiger partial charge in [-0.3, -0.25) is 9.59 Å². The maximum absolute atomic E-state index is 12.9. The number of hydrogen-bond acceptors (Lipinski definition) is 7. The van der Waals surface area contributed by atoms with Crippen LogP contribution in [-0.2, 0) is 33.3 Å². The van der Waals surface area contributed by atoms with Gasteiger partial charge >= 0.3 is 17.9 Å². The van der Waals surface area contributed by atoms with Crippen molar-refractivity contribution >= 4 is 17.9 Å². The van der Waals surface area contributed by atoms with E-state index < -0.39 is 24.3 Å². The lowest BCUT2D eigenvalue weighted by Gasteiger charge is -2.25. The van der Waals surface area contributed by atoms with Crippen molar-refractivity contribution in [2.75, 3.05) is 47.5 Å². The van der Waals surface area contributed by atoms with Crippen LogP contribution in [0.4, 0.5) is 0 Å². The fourth-order valence-corrected chi connectivity index (χ4v) is 8.56. The Labute approximate surface area is 568 Å². The van der Waals surface area contributed by atoms with E-state index in [9.17, 15) is 19.5 Å². The zero-order valence-electron chi connectivity index (χ0n) is 58.8. The number of likely N-dealkylation sites (N-methyl/N-ethyl adjacent to an activating group) is 1. The fraction of sp³-hybridized carbons (Fsp3) is 0.512. The van der Waals surface area contributed by atoms with Crippen LogP contribution in [0, 0.1) is 0 Å². The minimum atomic E-state index is -1.54. The van der Waals surface area contributed by atoms with E-state index >= 15 is 0 Å². The van der Waals surface area contributed by atoms with Gasteiger partial charge in [-0.15, -0.1) is 0 Å². The number of aliphatic carboxylic acids is 1. The van der Waals surface area contributed by atoms with Gasteiger partial charge in [0.05, 0.1) is 34.4 Å². The summed E-state index contributed by atoms with van der Waals surface area (Å²) in [4.78, 5) is 37.6. The molecule has 0 bridgehead atoms. The van der Waals surface area contributed by atoms with E-state index in [1.54, 1.807) is 0 Å². The van der Waals surface area contributed by atoms with Gasteiger partial charge in [0.2, 0.25) is 0 Å². The molecule has 0 radical (unpaired) electrons. The number of quaternary nitrogens is 1. The molecule has 0 rings (SSSR count). The van der Waals surface area contributed by atoms with Crippen molar-refractivity contribution in [1.82, 2.24) is 0 Å². The van der Waals surface area contributed by atoms with Crippen molar-refractivity contribution in [2.45, 2.75) is 232 Å². The molecule has 0 aliphatic rings. The molecule has 93 heavy (non-hydrogen) atoms. The summed E-state index contributed by atoms with van der Waals surface area (Å²) in [5, 5.41) is 9.75. The van der Waals surface area contributed by atoms with Crippen LogP contribution in [0.5, 0.6) is 0 Å². The maximum atomic E-state index is 12.9. The first-order valence-electron chi connectivity index (χ1n) is 35.5. The van der Waals surface area contributed by atoms with Gasteiger partial charge in [-0.05, 0) is 161 Å². The largest absolute Gasteiger partial charge is 0.477 e. The molecule has 516 valence electrons. The number of ether oxygens (including phenoxy) is 4. The molecule has 0 aromatic carbocycles. The number of carboxylic acids is 1. The van der Waals surface area contributed by atoms with E-state index in [0.717, 1.165) is 161 Å². The lowest BCUT2D eigenvalue weighted by Crippen LogP contribution is -2.40. The number of esters is 2. The zero-order valence-corrected chi connectivity index (χ0v) is 58.8. The van der Waals surface area contributed by atoms with Crippen LogP contribution < -0.4 is 0 Å². The predicted octanol–water partition coefficient (Wildman–Crippen LogP) is 22.7. The van der Waals surface area contributed by atoms with Crippen LogP contribution in [-0.4, -0.2) is 87.4 Å². The molecule has 0 aromatic rings. The summed E-state index contributed by atoms with van der Waals surface area (Å²) in [6.07, 6.45) is 112.